The molecule has 0 aliphatic carbocycles. The van der Waals surface area contributed by atoms with Gasteiger partial charge in [-0.2, -0.15) is 0 Å². The summed E-state index contributed by atoms with van der Waals surface area (Å²) in [5, 5.41) is 0. The molecule has 0 radical (unpaired) electrons. The first-order valence-corrected chi connectivity index (χ1v) is 5.80. The summed E-state index contributed by atoms with van der Waals surface area (Å²) >= 11 is 11.4. The molecule has 2 N–H and O–H groups in total. The Kier molecular flexibility index (Phi) is 4.92. The van der Waals surface area contributed by atoms with Gasteiger partial charge in [-0.1, -0.05) is 12.1 Å². The van der Waals surface area contributed by atoms with E-state index in [1.807, 2.05) is 12.1 Å². The van der Waals surface area contributed by atoms with Crippen molar-refractivity contribution >= 4 is 29.1 Å². The van der Waals surface area contributed by atoms with Crippen LogP contribution in [0, 0.1) is 0 Å². The summed E-state index contributed by atoms with van der Waals surface area (Å²) in [4.78, 5) is 11.2. The number of amides is 1. The predicted molar refractivity (Wildman–Crippen MR) is 63.8 cm³/mol. The zero-order chi connectivity index (χ0) is 11.3. The third-order valence-corrected chi connectivity index (χ3v) is 2.62. The van der Waals surface area contributed by atoms with E-state index < -0.39 is 5.91 Å². The first kappa shape index (κ1) is 12.3. The van der Waals surface area contributed by atoms with Crippen LogP contribution in [0.15, 0.2) is 18.2 Å². The van der Waals surface area contributed by atoms with E-state index in [0.717, 1.165) is 17.5 Å². The van der Waals surface area contributed by atoms with Gasteiger partial charge in [-0.3, -0.25) is 4.79 Å². The Morgan fingerprint density at radius 1 is 1.20 bits per heavy atom. The highest BCUT2D eigenvalue weighted by Gasteiger charge is 2.11. The highest BCUT2D eigenvalue weighted by molar-refractivity contribution is 6.18. The van der Waals surface area contributed by atoms with Gasteiger partial charge in [-0.25, -0.2) is 0 Å². The summed E-state index contributed by atoms with van der Waals surface area (Å²) in [6.07, 6.45) is 1.38. The number of hydrogen-bond acceptors (Lipinski definition) is 1. The number of aryl methyl sites for hydroxylation is 1. The molecular formula is C11H13Cl2NO. The lowest BCUT2D eigenvalue weighted by molar-refractivity contribution is 0.0999. The van der Waals surface area contributed by atoms with Gasteiger partial charge < -0.3 is 5.73 Å². The zero-order valence-electron chi connectivity index (χ0n) is 8.30. The largest absolute Gasteiger partial charge is 0.366 e. The van der Waals surface area contributed by atoms with Gasteiger partial charge in [-0.05, 0) is 30.0 Å². The summed E-state index contributed by atoms with van der Waals surface area (Å²) in [5.41, 5.74) is 7.84. The third-order valence-electron chi connectivity index (χ3n) is 2.25. The summed E-state index contributed by atoms with van der Waals surface area (Å²) in [5.74, 6) is 0.586. The molecule has 15 heavy (non-hydrogen) atoms. The smallest absolute Gasteiger partial charge is 0.248 e. The van der Waals surface area contributed by atoms with Crippen LogP contribution >= 0.6 is 23.2 Å². The molecule has 0 aliphatic rings. The second kappa shape index (κ2) is 5.99. The molecule has 82 valence electrons. The summed E-state index contributed by atoms with van der Waals surface area (Å²) in [6, 6.07) is 5.50. The zero-order valence-corrected chi connectivity index (χ0v) is 9.81. The van der Waals surface area contributed by atoms with Crippen molar-refractivity contribution in [1.82, 2.24) is 0 Å². The van der Waals surface area contributed by atoms with Crippen LogP contribution in [-0.2, 0) is 12.8 Å². The maximum absolute atomic E-state index is 11.2. The van der Waals surface area contributed by atoms with Gasteiger partial charge in [0.05, 0.1) is 0 Å². The van der Waals surface area contributed by atoms with E-state index >= 15 is 0 Å². The number of nitrogens with two attached hydrogens (primary N) is 1. The lowest BCUT2D eigenvalue weighted by Gasteiger charge is -2.10. The summed E-state index contributed by atoms with van der Waals surface area (Å²) in [6.45, 7) is 0. The fourth-order valence-corrected chi connectivity index (χ4v) is 1.98. The number of carbonyl (C=O) groups is 1. The predicted octanol–water partition coefficient (Wildman–Crippen LogP) is 2.35. The summed E-state index contributed by atoms with van der Waals surface area (Å²) in [7, 11) is 0. The van der Waals surface area contributed by atoms with Crippen molar-refractivity contribution in [2.45, 2.75) is 12.8 Å². The highest BCUT2D eigenvalue weighted by atomic mass is 35.5. The van der Waals surface area contributed by atoms with Crippen molar-refractivity contribution in [3.05, 3.63) is 34.9 Å². The minimum Gasteiger partial charge on any atom is -0.366 e. The molecule has 2 nitrogen and oxygen atoms in total. The normalized spacial score (nSPS) is 10.3. The monoisotopic (exact) mass is 245 g/mol. The molecule has 0 saturated carbocycles. The van der Waals surface area contributed by atoms with Gasteiger partial charge in [0.2, 0.25) is 5.91 Å². The van der Waals surface area contributed by atoms with Crippen molar-refractivity contribution in [3.8, 4) is 0 Å². The van der Waals surface area contributed by atoms with E-state index in [0.29, 0.717) is 23.7 Å². The molecule has 0 spiro atoms. The fraction of sp³-hybridized carbons (Fsp3) is 0.364. The fourth-order valence-electron chi connectivity index (χ4n) is 1.59. The third kappa shape index (κ3) is 3.11. The molecule has 1 aromatic rings. The minimum atomic E-state index is -0.411. The number of hydrogen-bond donors (Lipinski definition) is 1. The average Bonchev–Trinajstić information content (AvgIpc) is 2.21. The Morgan fingerprint density at radius 3 is 2.40 bits per heavy atom. The van der Waals surface area contributed by atoms with E-state index in [9.17, 15) is 4.79 Å². The van der Waals surface area contributed by atoms with Crippen LogP contribution < -0.4 is 5.73 Å². The lowest BCUT2D eigenvalue weighted by Crippen LogP contribution is -2.15. The minimum absolute atomic E-state index is 0.411. The summed E-state index contributed by atoms with van der Waals surface area (Å²) < 4.78 is 0. The molecule has 0 aliphatic heterocycles. The lowest BCUT2D eigenvalue weighted by atomic mass is 9.97. The number of halogens is 2. The number of carbonyl (C=O) groups excluding carboxylic acids is 1. The van der Waals surface area contributed by atoms with Crippen LogP contribution in [0.1, 0.15) is 21.5 Å². The van der Waals surface area contributed by atoms with Crippen molar-refractivity contribution in [3.63, 3.8) is 0 Å². The topological polar surface area (TPSA) is 43.1 Å². The van der Waals surface area contributed by atoms with Crippen molar-refractivity contribution in [1.29, 1.82) is 0 Å². The average molecular weight is 246 g/mol. The molecule has 0 fully saturated rings. The first-order valence-electron chi connectivity index (χ1n) is 4.73. The number of rotatable bonds is 5. The number of primary amides is 1. The molecule has 0 bridgehead atoms. The van der Waals surface area contributed by atoms with E-state index in [2.05, 4.69) is 0 Å². The standard InChI is InChI=1S/C11H13Cl2NO/c12-6-4-8-2-1-3-10(11(14)15)9(8)5-7-13/h1-3H,4-7H2,(H2,14,15). The molecule has 0 heterocycles. The van der Waals surface area contributed by atoms with Crippen LogP contribution in [0.5, 0.6) is 0 Å². The Labute approximate surface area is 99.4 Å². The van der Waals surface area contributed by atoms with E-state index in [1.165, 1.54) is 0 Å². The Bertz CT molecular complexity index is 352. The number of benzene rings is 1. The molecule has 1 aromatic carbocycles. The van der Waals surface area contributed by atoms with Crippen LogP contribution in [0.25, 0.3) is 0 Å². The van der Waals surface area contributed by atoms with E-state index in [4.69, 9.17) is 28.9 Å². The SMILES string of the molecule is NC(=O)c1cccc(CCCl)c1CCCl. The second-order valence-electron chi connectivity index (χ2n) is 3.19. The van der Waals surface area contributed by atoms with Gasteiger partial charge in [0.25, 0.3) is 0 Å². The van der Waals surface area contributed by atoms with Gasteiger partial charge >= 0.3 is 0 Å². The van der Waals surface area contributed by atoms with Crippen molar-refractivity contribution in [2.75, 3.05) is 11.8 Å². The molecule has 0 atom stereocenters. The quantitative estimate of drug-likeness (QED) is 0.796. The molecule has 0 aromatic heterocycles. The van der Waals surface area contributed by atoms with Crippen LogP contribution in [-0.4, -0.2) is 17.7 Å². The Balaban J connectivity index is 3.15. The molecule has 4 heteroatoms. The van der Waals surface area contributed by atoms with E-state index in [1.54, 1.807) is 6.07 Å². The van der Waals surface area contributed by atoms with Gasteiger partial charge in [0.1, 0.15) is 0 Å². The van der Waals surface area contributed by atoms with Crippen molar-refractivity contribution in [2.24, 2.45) is 5.73 Å². The van der Waals surface area contributed by atoms with E-state index in [-0.39, 0.29) is 0 Å². The van der Waals surface area contributed by atoms with Crippen molar-refractivity contribution < 1.29 is 4.79 Å². The second-order valence-corrected chi connectivity index (χ2v) is 3.94. The van der Waals surface area contributed by atoms with Crippen LogP contribution in [0.4, 0.5) is 0 Å². The molecular weight excluding hydrogens is 233 g/mol. The maximum Gasteiger partial charge on any atom is 0.248 e. The van der Waals surface area contributed by atoms with Gasteiger partial charge in [0.15, 0.2) is 0 Å². The molecule has 0 saturated heterocycles. The van der Waals surface area contributed by atoms with Crippen LogP contribution in [0.2, 0.25) is 0 Å². The van der Waals surface area contributed by atoms with Gasteiger partial charge in [0, 0.05) is 17.3 Å². The van der Waals surface area contributed by atoms with Gasteiger partial charge in [-0.15, -0.1) is 23.2 Å². The highest BCUT2D eigenvalue weighted by Crippen LogP contribution is 2.17. The van der Waals surface area contributed by atoms with Crippen LogP contribution in [0.3, 0.4) is 0 Å². The Morgan fingerprint density at radius 2 is 1.87 bits per heavy atom. The first-order chi connectivity index (χ1) is 7.20. The maximum atomic E-state index is 11.2. The molecule has 0 unspecified atom stereocenters. The number of alkyl halides is 2. The molecule has 1 amide bonds. The molecule has 1 rings (SSSR count). The Hall–Kier alpha value is -0.730.